The Balaban J connectivity index is 1.83. The standard InChI is InChI=1S/C17H13Cl3N4O4S2/c1-10-21-7-6-17(22-10)24-29(25,26)12-4-2-11(3-5-12)23-30(27,28)16-9-14(19)13(18)8-15(16)20/h2-9,23H,1H3,(H,21,22,24). The minimum absolute atomic E-state index is 0.0221. The number of anilines is 2. The molecule has 0 fully saturated rings. The molecule has 0 saturated heterocycles. The predicted molar refractivity (Wildman–Crippen MR) is 116 cm³/mol. The molecule has 3 aromatic rings. The van der Waals surface area contributed by atoms with E-state index in [0.29, 0.717) is 5.82 Å². The Hall–Kier alpha value is -2.11. The van der Waals surface area contributed by atoms with Crippen molar-refractivity contribution < 1.29 is 16.8 Å². The van der Waals surface area contributed by atoms with Gasteiger partial charge in [-0.3, -0.25) is 9.44 Å². The van der Waals surface area contributed by atoms with Crippen LogP contribution in [0.1, 0.15) is 5.82 Å². The van der Waals surface area contributed by atoms with Crippen LogP contribution in [0.2, 0.25) is 15.1 Å². The van der Waals surface area contributed by atoms with Gasteiger partial charge in [0.25, 0.3) is 20.0 Å². The molecule has 2 aromatic carbocycles. The molecule has 13 heteroatoms. The van der Waals surface area contributed by atoms with Gasteiger partial charge in [-0.25, -0.2) is 26.8 Å². The van der Waals surface area contributed by atoms with Crippen molar-refractivity contribution >= 4 is 66.4 Å². The maximum atomic E-state index is 12.6. The molecule has 1 aromatic heterocycles. The number of rotatable bonds is 6. The number of halogens is 3. The third kappa shape index (κ3) is 5.13. The molecule has 0 aliphatic carbocycles. The van der Waals surface area contributed by atoms with E-state index in [-0.39, 0.29) is 36.4 Å². The maximum absolute atomic E-state index is 12.6. The second-order valence-electron chi connectivity index (χ2n) is 5.92. The van der Waals surface area contributed by atoms with Gasteiger partial charge in [0.15, 0.2) is 0 Å². The number of benzene rings is 2. The SMILES string of the molecule is Cc1nccc(NS(=O)(=O)c2ccc(NS(=O)(=O)c3cc(Cl)c(Cl)cc3Cl)cc2)n1. The van der Waals surface area contributed by atoms with Gasteiger partial charge in [-0.15, -0.1) is 0 Å². The summed E-state index contributed by atoms with van der Waals surface area (Å²) >= 11 is 17.7. The Bertz CT molecular complexity index is 1320. The van der Waals surface area contributed by atoms with Crippen molar-refractivity contribution in [1.82, 2.24) is 9.97 Å². The Morgan fingerprint density at radius 3 is 2.07 bits per heavy atom. The summed E-state index contributed by atoms with van der Waals surface area (Å²) in [6, 6.07) is 8.83. The number of nitrogens with zero attached hydrogens (tertiary/aromatic N) is 2. The van der Waals surface area contributed by atoms with E-state index in [2.05, 4.69) is 19.4 Å². The highest BCUT2D eigenvalue weighted by atomic mass is 35.5. The minimum Gasteiger partial charge on any atom is -0.280 e. The van der Waals surface area contributed by atoms with Crippen molar-refractivity contribution in [1.29, 1.82) is 0 Å². The van der Waals surface area contributed by atoms with Crippen LogP contribution in [0.25, 0.3) is 0 Å². The van der Waals surface area contributed by atoms with Gasteiger partial charge >= 0.3 is 0 Å². The van der Waals surface area contributed by atoms with Crippen molar-refractivity contribution in [3.8, 4) is 0 Å². The normalized spacial score (nSPS) is 11.9. The highest BCUT2D eigenvalue weighted by Gasteiger charge is 2.21. The summed E-state index contributed by atoms with van der Waals surface area (Å²) in [7, 11) is -8.02. The van der Waals surface area contributed by atoms with Crippen LogP contribution < -0.4 is 9.44 Å². The fourth-order valence-electron chi connectivity index (χ4n) is 2.33. The van der Waals surface area contributed by atoms with Crippen LogP contribution in [0.3, 0.4) is 0 Å². The Labute approximate surface area is 188 Å². The van der Waals surface area contributed by atoms with Crippen LogP contribution in [0.5, 0.6) is 0 Å². The van der Waals surface area contributed by atoms with Gasteiger partial charge in [-0.2, -0.15) is 0 Å². The van der Waals surface area contributed by atoms with Gasteiger partial charge < -0.3 is 0 Å². The summed E-state index contributed by atoms with van der Waals surface area (Å²) in [5, 5.41) is 0.0240. The summed E-state index contributed by atoms with van der Waals surface area (Å²) in [5.41, 5.74) is 0.119. The Morgan fingerprint density at radius 1 is 0.800 bits per heavy atom. The van der Waals surface area contributed by atoms with Crippen molar-refractivity contribution in [2.45, 2.75) is 16.7 Å². The van der Waals surface area contributed by atoms with Crippen LogP contribution in [0.4, 0.5) is 11.5 Å². The van der Waals surface area contributed by atoms with Gasteiger partial charge in [-0.1, -0.05) is 34.8 Å². The number of aromatic nitrogens is 2. The van der Waals surface area contributed by atoms with E-state index < -0.39 is 20.0 Å². The third-order valence-electron chi connectivity index (χ3n) is 3.70. The van der Waals surface area contributed by atoms with Gasteiger partial charge in [0.05, 0.1) is 20.0 Å². The maximum Gasteiger partial charge on any atom is 0.263 e. The van der Waals surface area contributed by atoms with E-state index >= 15 is 0 Å². The molecule has 158 valence electrons. The molecular weight excluding hydrogens is 495 g/mol. The summed E-state index contributed by atoms with van der Waals surface area (Å²) in [5.74, 6) is 0.516. The Morgan fingerprint density at radius 2 is 1.43 bits per heavy atom. The average molecular weight is 508 g/mol. The number of hydrogen-bond acceptors (Lipinski definition) is 6. The van der Waals surface area contributed by atoms with E-state index in [1.807, 2.05) is 0 Å². The lowest BCUT2D eigenvalue weighted by molar-refractivity contribution is 0.600. The number of nitrogens with one attached hydrogen (secondary N) is 2. The first-order valence-corrected chi connectivity index (χ1v) is 12.2. The first kappa shape index (κ1) is 22.6. The lowest BCUT2D eigenvalue weighted by Gasteiger charge is -2.12. The molecule has 0 bridgehead atoms. The van der Waals surface area contributed by atoms with Crippen LogP contribution in [0, 0.1) is 6.92 Å². The summed E-state index contributed by atoms with van der Waals surface area (Å²) in [6.45, 7) is 1.62. The molecule has 3 rings (SSSR count). The topological polar surface area (TPSA) is 118 Å². The highest BCUT2D eigenvalue weighted by molar-refractivity contribution is 7.93. The van der Waals surface area contributed by atoms with Crippen molar-refractivity contribution in [3.05, 3.63) is 69.6 Å². The first-order valence-electron chi connectivity index (χ1n) is 8.08. The smallest absolute Gasteiger partial charge is 0.263 e. The van der Waals surface area contributed by atoms with Gasteiger partial charge in [0.1, 0.15) is 16.5 Å². The zero-order valence-electron chi connectivity index (χ0n) is 15.1. The first-order chi connectivity index (χ1) is 14.0. The van der Waals surface area contributed by atoms with E-state index in [1.54, 1.807) is 6.92 Å². The minimum atomic E-state index is -4.09. The zero-order chi connectivity index (χ0) is 22.1. The molecule has 0 atom stereocenters. The summed E-state index contributed by atoms with van der Waals surface area (Å²) in [4.78, 5) is 7.52. The fraction of sp³-hybridized carbons (Fsp3) is 0.0588. The second kappa shape index (κ2) is 8.56. The molecule has 2 N–H and O–H groups in total. The molecule has 0 aliphatic heterocycles. The molecule has 0 amide bonds. The van der Waals surface area contributed by atoms with E-state index in [0.717, 1.165) is 6.07 Å². The van der Waals surface area contributed by atoms with E-state index in [1.165, 1.54) is 42.6 Å². The predicted octanol–water partition coefficient (Wildman–Crippen LogP) is 4.35. The number of hydrogen-bond donors (Lipinski definition) is 2. The molecule has 0 unspecified atom stereocenters. The van der Waals surface area contributed by atoms with Crippen molar-refractivity contribution in [3.63, 3.8) is 0 Å². The fourth-order valence-corrected chi connectivity index (χ4v) is 5.39. The molecule has 0 spiro atoms. The molecular formula is C17H13Cl3N4O4S2. The van der Waals surface area contributed by atoms with Gasteiger partial charge in [-0.05, 0) is 49.4 Å². The summed E-state index contributed by atoms with van der Waals surface area (Å²) < 4.78 is 54.8. The van der Waals surface area contributed by atoms with Crippen LogP contribution in [-0.2, 0) is 20.0 Å². The van der Waals surface area contributed by atoms with Crippen LogP contribution in [-0.4, -0.2) is 26.8 Å². The summed E-state index contributed by atoms with van der Waals surface area (Å²) in [6.07, 6.45) is 1.42. The largest absolute Gasteiger partial charge is 0.280 e. The Kier molecular flexibility index (Phi) is 6.44. The highest BCUT2D eigenvalue weighted by Crippen LogP contribution is 2.32. The molecule has 1 heterocycles. The van der Waals surface area contributed by atoms with Crippen molar-refractivity contribution in [2.24, 2.45) is 0 Å². The van der Waals surface area contributed by atoms with Crippen LogP contribution in [0.15, 0.2) is 58.5 Å². The lowest BCUT2D eigenvalue weighted by atomic mass is 10.3. The molecule has 8 nitrogen and oxygen atoms in total. The van der Waals surface area contributed by atoms with Gasteiger partial charge in [0, 0.05) is 11.9 Å². The zero-order valence-corrected chi connectivity index (χ0v) is 19.0. The molecule has 30 heavy (non-hydrogen) atoms. The molecule has 0 aliphatic rings. The van der Waals surface area contributed by atoms with Crippen molar-refractivity contribution in [2.75, 3.05) is 9.44 Å². The third-order valence-corrected chi connectivity index (χ3v) is 7.63. The number of sulfonamides is 2. The van der Waals surface area contributed by atoms with Crippen LogP contribution >= 0.6 is 34.8 Å². The number of aryl methyl sites for hydroxylation is 1. The molecule has 0 saturated carbocycles. The monoisotopic (exact) mass is 506 g/mol. The quantitative estimate of drug-likeness (QED) is 0.479. The van der Waals surface area contributed by atoms with E-state index in [4.69, 9.17) is 34.8 Å². The average Bonchev–Trinajstić information content (AvgIpc) is 2.64. The second-order valence-corrected chi connectivity index (χ2v) is 10.5. The molecule has 0 radical (unpaired) electrons. The van der Waals surface area contributed by atoms with E-state index in [9.17, 15) is 16.8 Å². The van der Waals surface area contributed by atoms with Gasteiger partial charge in [0.2, 0.25) is 0 Å². The lowest BCUT2D eigenvalue weighted by Crippen LogP contribution is -2.15.